The predicted molar refractivity (Wildman–Crippen MR) is 110 cm³/mol. The number of halogens is 1. The van der Waals surface area contributed by atoms with Gasteiger partial charge in [0.05, 0.1) is 11.3 Å². The summed E-state index contributed by atoms with van der Waals surface area (Å²) in [6, 6.07) is 9.13. The first-order chi connectivity index (χ1) is 13.5. The van der Waals surface area contributed by atoms with Crippen molar-refractivity contribution < 1.29 is 9.53 Å². The van der Waals surface area contributed by atoms with Crippen molar-refractivity contribution in [3.8, 4) is 11.8 Å². The first-order valence-corrected chi connectivity index (χ1v) is 10.4. The number of aromatic nitrogens is 3. The minimum absolute atomic E-state index is 0.159. The molecule has 0 atom stereocenters. The van der Waals surface area contributed by atoms with Crippen molar-refractivity contribution in [1.29, 1.82) is 5.26 Å². The number of carbonyl (C=O) groups excluding carboxylic acids is 1. The maximum absolute atomic E-state index is 12.1. The van der Waals surface area contributed by atoms with Crippen molar-refractivity contribution in [2.24, 2.45) is 7.05 Å². The summed E-state index contributed by atoms with van der Waals surface area (Å²) in [5.41, 5.74) is 1.39. The summed E-state index contributed by atoms with van der Waals surface area (Å²) in [6.45, 7) is 2.17. The molecule has 144 valence electrons. The van der Waals surface area contributed by atoms with Crippen LogP contribution in [-0.4, -0.2) is 26.4 Å². The Labute approximate surface area is 175 Å². The molecule has 0 aliphatic heterocycles. The van der Waals surface area contributed by atoms with Gasteiger partial charge in [0.2, 0.25) is 5.91 Å². The highest BCUT2D eigenvalue weighted by Gasteiger charge is 2.14. The van der Waals surface area contributed by atoms with Crippen LogP contribution in [0.2, 0.25) is 5.02 Å². The highest BCUT2D eigenvalue weighted by Crippen LogP contribution is 2.24. The molecule has 0 aliphatic carbocycles. The summed E-state index contributed by atoms with van der Waals surface area (Å²) in [6.07, 6.45) is 0. The zero-order valence-electron chi connectivity index (χ0n) is 15.1. The molecule has 1 N–H and O–H groups in total. The average Bonchev–Trinajstić information content (AvgIpc) is 3.25. The number of carbonyl (C=O) groups is 1. The standard InChI is InChI=1S/C18H16ClN5O2S2/c1-11-7-13(19)3-4-14(11)26-9-15-22-23-18(24(15)2)28-10-16(25)21-17-12(8-20)5-6-27-17/h3-7H,9-10H2,1-2H3,(H,21,25). The Balaban J connectivity index is 1.55. The van der Waals surface area contributed by atoms with E-state index in [-0.39, 0.29) is 18.3 Å². The number of nitrogens with zero attached hydrogens (tertiary/aromatic N) is 4. The van der Waals surface area contributed by atoms with Gasteiger partial charge in [-0.1, -0.05) is 23.4 Å². The van der Waals surface area contributed by atoms with Crippen LogP contribution in [0.3, 0.4) is 0 Å². The number of nitrogens with one attached hydrogen (secondary N) is 1. The molecule has 0 spiro atoms. The second kappa shape index (κ2) is 9.10. The van der Waals surface area contributed by atoms with Crippen LogP contribution in [0.1, 0.15) is 17.0 Å². The van der Waals surface area contributed by atoms with Crippen LogP contribution in [0.15, 0.2) is 34.8 Å². The first-order valence-electron chi connectivity index (χ1n) is 8.15. The Morgan fingerprint density at radius 2 is 2.25 bits per heavy atom. The van der Waals surface area contributed by atoms with Gasteiger partial charge in [0.15, 0.2) is 11.0 Å². The molecule has 10 heteroatoms. The molecule has 2 aromatic heterocycles. The molecule has 1 amide bonds. The molecule has 0 saturated carbocycles. The van der Waals surface area contributed by atoms with Gasteiger partial charge >= 0.3 is 0 Å². The summed E-state index contributed by atoms with van der Waals surface area (Å²) >= 11 is 8.53. The van der Waals surface area contributed by atoms with E-state index in [0.29, 0.717) is 26.6 Å². The van der Waals surface area contributed by atoms with Crippen LogP contribution in [0.4, 0.5) is 5.00 Å². The largest absolute Gasteiger partial charge is 0.485 e. The lowest BCUT2D eigenvalue weighted by Crippen LogP contribution is -2.14. The van der Waals surface area contributed by atoms with Crippen LogP contribution in [0.25, 0.3) is 0 Å². The highest BCUT2D eigenvalue weighted by atomic mass is 35.5. The molecule has 0 radical (unpaired) electrons. The van der Waals surface area contributed by atoms with Gasteiger partial charge in [-0.25, -0.2) is 0 Å². The second-order valence-electron chi connectivity index (χ2n) is 5.77. The Hall–Kier alpha value is -2.54. The van der Waals surface area contributed by atoms with E-state index in [1.54, 1.807) is 22.1 Å². The number of thiophene rings is 1. The molecule has 0 fully saturated rings. The zero-order valence-corrected chi connectivity index (χ0v) is 17.5. The lowest BCUT2D eigenvalue weighted by Gasteiger charge is -2.09. The third-order valence-electron chi connectivity index (χ3n) is 3.79. The lowest BCUT2D eigenvalue weighted by molar-refractivity contribution is -0.113. The summed E-state index contributed by atoms with van der Waals surface area (Å²) < 4.78 is 7.58. The van der Waals surface area contributed by atoms with Crippen LogP contribution in [-0.2, 0) is 18.4 Å². The van der Waals surface area contributed by atoms with E-state index in [4.69, 9.17) is 21.6 Å². The van der Waals surface area contributed by atoms with Crippen molar-refractivity contribution in [3.05, 3.63) is 51.6 Å². The van der Waals surface area contributed by atoms with Gasteiger partial charge in [-0.15, -0.1) is 21.5 Å². The molecule has 7 nitrogen and oxygen atoms in total. The first kappa shape index (κ1) is 20.2. The molecule has 0 aliphatic rings. The van der Waals surface area contributed by atoms with Crippen molar-refractivity contribution in [2.45, 2.75) is 18.7 Å². The summed E-state index contributed by atoms with van der Waals surface area (Å²) in [4.78, 5) is 12.1. The minimum Gasteiger partial charge on any atom is -0.485 e. The van der Waals surface area contributed by atoms with Gasteiger partial charge in [0.25, 0.3) is 0 Å². The zero-order chi connectivity index (χ0) is 20.1. The van der Waals surface area contributed by atoms with E-state index in [1.807, 2.05) is 32.2 Å². The third-order valence-corrected chi connectivity index (χ3v) is 5.87. The van der Waals surface area contributed by atoms with E-state index in [9.17, 15) is 4.79 Å². The normalized spacial score (nSPS) is 10.5. The summed E-state index contributed by atoms with van der Waals surface area (Å²) in [7, 11) is 1.82. The number of nitriles is 1. The fraction of sp³-hybridized carbons (Fsp3) is 0.222. The molecule has 0 unspecified atom stereocenters. The number of anilines is 1. The average molecular weight is 434 g/mol. The van der Waals surface area contributed by atoms with E-state index in [2.05, 4.69) is 15.5 Å². The topological polar surface area (TPSA) is 92.8 Å². The van der Waals surface area contributed by atoms with E-state index >= 15 is 0 Å². The van der Waals surface area contributed by atoms with Gasteiger partial charge in [-0.3, -0.25) is 4.79 Å². The molecule has 3 aromatic rings. The van der Waals surface area contributed by atoms with Gasteiger partial charge in [0.1, 0.15) is 23.4 Å². The van der Waals surface area contributed by atoms with Gasteiger partial charge in [-0.2, -0.15) is 5.26 Å². The maximum atomic E-state index is 12.1. The minimum atomic E-state index is -0.207. The number of hydrogen-bond acceptors (Lipinski definition) is 7. The number of rotatable bonds is 7. The number of aryl methyl sites for hydroxylation is 1. The molecule has 1 aromatic carbocycles. The van der Waals surface area contributed by atoms with Crippen LogP contribution in [0, 0.1) is 18.3 Å². The monoisotopic (exact) mass is 433 g/mol. The molecule has 2 heterocycles. The molecule has 28 heavy (non-hydrogen) atoms. The third kappa shape index (κ3) is 4.84. The van der Waals surface area contributed by atoms with Gasteiger partial charge < -0.3 is 14.6 Å². The van der Waals surface area contributed by atoms with Crippen LogP contribution < -0.4 is 10.1 Å². The molecule has 0 bridgehead atoms. The van der Waals surface area contributed by atoms with Gasteiger partial charge in [-0.05, 0) is 42.1 Å². The SMILES string of the molecule is Cc1cc(Cl)ccc1OCc1nnc(SCC(=O)Nc2sccc2C#N)n1C. The van der Waals surface area contributed by atoms with E-state index in [0.717, 1.165) is 11.3 Å². The van der Waals surface area contributed by atoms with Crippen LogP contribution >= 0.6 is 34.7 Å². The van der Waals surface area contributed by atoms with E-state index in [1.165, 1.54) is 23.1 Å². The quantitative estimate of drug-likeness (QED) is 0.565. The molecule has 3 rings (SSSR count). The maximum Gasteiger partial charge on any atom is 0.235 e. The van der Waals surface area contributed by atoms with Crippen molar-refractivity contribution in [1.82, 2.24) is 14.8 Å². The Morgan fingerprint density at radius 1 is 1.43 bits per heavy atom. The summed E-state index contributed by atoms with van der Waals surface area (Å²) in [5, 5.41) is 23.5. The number of amides is 1. The van der Waals surface area contributed by atoms with E-state index < -0.39 is 0 Å². The van der Waals surface area contributed by atoms with Crippen LogP contribution in [0.5, 0.6) is 5.75 Å². The van der Waals surface area contributed by atoms with Crippen molar-refractivity contribution in [3.63, 3.8) is 0 Å². The summed E-state index contributed by atoms with van der Waals surface area (Å²) in [5.74, 6) is 1.32. The fourth-order valence-electron chi connectivity index (χ4n) is 2.30. The van der Waals surface area contributed by atoms with Gasteiger partial charge in [0, 0.05) is 12.1 Å². The second-order valence-corrected chi connectivity index (χ2v) is 8.06. The number of benzene rings is 1. The predicted octanol–water partition coefficient (Wildman–Crippen LogP) is 4.02. The number of ether oxygens (including phenoxy) is 1. The number of hydrogen-bond donors (Lipinski definition) is 1. The number of thioether (sulfide) groups is 1. The molecular formula is C18H16ClN5O2S2. The van der Waals surface area contributed by atoms with Crippen molar-refractivity contribution in [2.75, 3.05) is 11.1 Å². The Kier molecular flexibility index (Phi) is 6.57. The fourth-order valence-corrected chi connectivity index (χ4v) is 4.01. The Morgan fingerprint density at radius 3 is 3.00 bits per heavy atom. The smallest absolute Gasteiger partial charge is 0.235 e. The molecular weight excluding hydrogens is 418 g/mol. The Bertz CT molecular complexity index is 1040. The molecule has 0 saturated heterocycles. The highest BCUT2D eigenvalue weighted by molar-refractivity contribution is 7.99. The van der Waals surface area contributed by atoms with Crippen molar-refractivity contribution >= 4 is 45.6 Å². The lowest BCUT2D eigenvalue weighted by atomic mass is 10.2.